The number of imidazole rings is 1. The highest BCUT2D eigenvalue weighted by atomic mass is 35.5. The SMILES string of the molecule is [C-]#[N+]C[C@H]1CN(c2nc(OCCc3nccn3C)nc3c(F)c(-c4cccc5ccc(F)c(Cl)c45)ncc23)CCN1C(=O)C(=C)F. The van der Waals surface area contributed by atoms with Crippen molar-refractivity contribution in [1.29, 1.82) is 0 Å². The van der Waals surface area contributed by atoms with Crippen molar-refractivity contribution in [3.8, 4) is 17.3 Å². The van der Waals surface area contributed by atoms with Gasteiger partial charge in [0.05, 0.1) is 17.0 Å². The number of anilines is 1. The van der Waals surface area contributed by atoms with Crippen LogP contribution in [-0.2, 0) is 18.3 Å². The molecular weight excluding hydrogens is 621 g/mol. The first-order valence-corrected chi connectivity index (χ1v) is 14.6. The maximum Gasteiger partial charge on any atom is 0.319 e. The summed E-state index contributed by atoms with van der Waals surface area (Å²) in [4.78, 5) is 36.7. The number of nitrogens with zero attached hydrogens (tertiary/aromatic N) is 8. The Balaban J connectivity index is 1.45. The third-order valence-electron chi connectivity index (χ3n) is 7.89. The normalized spacial score (nSPS) is 14.9. The first-order valence-electron chi connectivity index (χ1n) is 14.2. The van der Waals surface area contributed by atoms with E-state index in [0.29, 0.717) is 17.2 Å². The number of aromatic nitrogens is 5. The Morgan fingerprint density at radius 3 is 2.76 bits per heavy atom. The molecule has 0 unspecified atom stereocenters. The molecule has 0 aliphatic carbocycles. The Kier molecular flexibility index (Phi) is 8.46. The van der Waals surface area contributed by atoms with E-state index in [4.69, 9.17) is 22.9 Å². The van der Waals surface area contributed by atoms with Crippen LogP contribution in [-0.4, -0.2) is 74.1 Å². The second-order valence-electron chi connectivity index (χ2n) is 10.7. The molecule has 1 aliphatic heterocycles. The van der Waals surface area contributed by atoms with Crippen molar-refractivity contribution >= 4 is 45.0 Å². The largest absolute Gasteiger partial charge is 0.463 e. The lowest BCUT2D eigenvalue weighted by Gasteiger charge is -2.39. The summed E-state index contributed by atoms with van der Waals surface area (Å²) in [5, 5.41) is 0.978. The van der Waals surface area contributed by atoms with Gasteiger partial charge in [0, 0.05) is 62.6 Å². The first kappa shape index (κ1) is 30.8. The summed E-state index contributed by atoms with van der Waals surface area (Å²) in [6.45, 7) is 10.9. The topological polar surface area (TPSA) is 93.6 Å². The van der Waals surface area contributed by atoms with E-state index in [-0.39, 0.29) is 71.8 Å². The number of carbonyl (C=O) groups is 1. The van der Waals surface area contributed by atoms with Gasteiger partial charge in [0.2, 0.25) is 6.54 Å². The maximum atomic E-state index is 16.6. The van der Waals surface area contributed by atoms with Gasteiger partial charge >= 0.3 is 6.01 Å². The van der Waals surface area contributed by atoms with E-state index in [1.165, 1.54) is 17.2 Å². The predicted octanol–water partition coefficient (Wildman–Crippen LogP) is 5.55. The second-order valence-corrected chi connectivity index (χ2v) is 11.1. The Hall–Kier alpha value is -5.22. The first-order chi connectivity index (χ1) is 22.2. The van der Waals surface area contributed by atoms with Gasteiger partial charge in [-0.3, -0.25) is 9.78 Å². The molecule has 6 rings (SSSR count). The van der Waals surface area contributed by atoms with Crippen LogP contribution in [0.4, 0.5) is 19.0 Å². The van der Waals surface area contributed by atoms with Crippen LogP contribution in [0.3, 0.4) is 0 Å². The van der Waals surface area contributed by atoms with Gasteiger partial charge in [-0.05, 0) is 11.5 Å². The minimum Gasteiger partial charge on any atom is -0.463 e. The van der Waals surface area contributed by atoms with E-state index >= 15 is 4.39 Å². The lowest BCUT2D eigenvalue weighted by Crippen LogP contribution is -2.56. The number of fused-ring (bicyclic) bond motifs is 2. The molecule has 0 saturated carbocycles. The third kappa shape index (κ3) is 5.67. The zero-order chi connectivity index (χ0) is 32.5. The Labute approximate surface area is 266 Å². The monoisotopic (exact) mass is 646 g/mol. The zero-order valence-electron chi connectivity index (χ0n) is 24.6. The molecule has 2 aromatic carbocycles. The summed E-state index contributed by atoms with van der Waals surface area (Å²) in [6, 6.07) is 7.01. The molecule has 0 bridgehead atoms. The van der Waals surface area contributed by atoms with Crippen LogP contribution >= 0.6 is 11.6 Å². The second kappa shape index (κ2) is 12.6. The average molecular weight is 647 g/mol. The Morgan fingerprint density at radius 2 is 2.02 bits per heavy atom. The molecule has 0 radical (unpaired) electrons. The summed E-state index contributed by atoms with van der Waals surface area (Å²) in [5.74, 6) is -2.44. The van der Waals surface area contributed by atoms with Gasteiger partial charge in [-0.15, -0.1) is 0 Å². The van der Waals surface area contributed by atoms with Crippen LogP contribution in [0.2, 0.25) is 5.02 Å². The van der Waals surface area contributed by atoms with Gasteiger partial charge in [-0.25, -0.2) is 24.7 Å². The summed E-state index contributed by atoms with van der Waals surface area (Å²) < 4.78 is 52.6. The molecule has 1 fully saturated rings. The van der Waals surface area contributed by atoms with Crippen LogP contribution in [0.1, 0.15) is 5.82 Å². The number of rotatable bonds is 8. The van der Waals surface area contributed by atoms with Crippen LogP contribution < -0.4 is 9.64 Å². The number of hydrogen-bond donors (Lipinski definition) is 0. The Morgan fingerprint density at radius 1 is 1.20 bits per heavy atom. The van der Waals surface area contributed by atoms with E-state index in [0.717, 1.165) is 5.82 Å². The van der Waals surface area contributed by atoms with E-state index < -0.39 is 29.4 Å². The molecule has 1 saturated heterocycles. The number of piperazine rings is 1. The van der Waals surface area contributed by atoms with Gasteiger partial charge in [0.25, 0.3) is 5.91 Å². The molecule has 1 aliphatic rings. The number of halogens is 4. The predicted molar refractivity (Wildman–Crippen MR) is 167 cm³/mol. The molecule has 3 aromatic heterocycles. The lowest BCUT2D eigenvalue weighted by atomic mass is 10.0. The summed E-state index contributed by atoms with van der Waals surface area (Å²) in [6.07, 6.45) is 5.30. The molecule has 14 heteroatoms. The van der Waals surface area contributed by atoms with Crippen LogP contribution in [0.5, 0.6) is 6.01 Å². The molecule has 1 atom stereocenters. The molecule has 5 aromatic rings. The minimum absolute atomic E-state index is 0.0663. The number of benzene rings is 2. The molecule has 1 amide bonds. The molecule has 0 spiro atoms. The van der Waals surface area contributed by atoms with E-state index in [9.17, 15) is 13.6 Å². The highest BCUT2D eigenvalue weighted by molar-refractivity contribution is 6.36. The summed E-state index contributed by atoms with van der Waals surface area (Å²) >= 11 is 6.34. The zero-order valence-corrected chi connectivity index (χ0v) is 25.3. The fourth-order valence-corrected chi connectivity index (χ4v) is 5.90. The van der Waals surface area contributed by atoms with Gasteiger partial charge < -0.3 is 23.9 Å². The van der Waals surface area contributed by atoms with Crippen molar-refractivity contribution in [3.05, 3.63) is 95.2 Å². The van der Waals surface area contributed by atoms with Crippen molar-refractivity contribution < 1.29 is 22.7 Å². The van der Waals surface area contributed by atoms with Crippen molar-refractivity contribution in [3.63, 3.8) is 0 Å². The highest BCUT2D eigenvalue weighted by Crippen LogP contribution is 2.38. The summed E-state index contributed by atoms with van der Waals surface area (Å²) in [7, 11) is 1.85. The number of aryl methyl sites for hydroxylation is 1. The van der Waals surface area contributed by atoms with Crippen molar-refractivity contribution in [2.45, 2.75) is 12.5 Å². The van der Waals surface area contributed by atoms with Crippen LogP contribution in [0, 0.1) is 18.2 Å². The molecular formula is C32H26ClF3N8O2. The van der Waals surface area contributed by atoms with E-state index in [2.05, 4.69) is 31.4 Å². The lowest BCUT2D eigenvalue weighted by molar-refractivity contribution is -0.131. The quantitative estimate of drug-likeness (QED) is 0.161. The highest BCUT2D eigenvalue weighted by Gasteiger charge is 2.35. The van der Waals surface area contributed by atoms with Crippen LogP contribution in [0.25, 0.3) is 37.8 Å². The van der Waals surface area contributed by atoms with Gasteiger partial charge in [0.15, 0.2) is 11.6 Å². The number of pyridine rings is 1. The fourth-order valence-electron chi connectivity index (χ4n) is 5.63. The smallest absolute Gasteiger partial charge is 0.319 e. The van der Waals surface area contributed by atoms with Crippen LogP contribution in [0.15, 0.2) is 61.3 Å². The minimum atomic E-state index is -1.12. The Bertz CT molecular complexity index is 2050. The third-order valence-corrected chi connectivity index (χ3v) is 8.26. The summed E-state index contributed by atoms with van der Waals surface area (Å²) in [5.41, 5.74) is 0.0652. The standard InChI is InChI=1S/C32H26ClF3N8O2/c1-18(34)31(45)44-13-12-43(17-20(44)15-37-2)30-22-16-39-28(21-6-4-5-19-7-8-23(35)26(33)25(19)21)27(36)29(22)40-32(41-30)46-14-9-24-38-10-11-42(24)3/h4-8,10-11,16,20H,1,9,12-15,17H2,3H3/t20-/m0/s1. The van der Waals surface area contributed by atoms with E-state index in [1.807, 2.05) is 11.6 Å². The van der Waals surface area contributed by atoms with Gasteiger partial charge in [-0.1, -0.05) is 42.4 Å². The molecule has 234 valence electrons. The molecule has 46 heavy (non-hydrogen) atoms. The number of ether oxygens (including phenoxy) is 1. The molecule has 4 heterocycles. The van der Waals surface area contributed by atoms with Crippen molar-refractivity contribution in [2.24, 2.45) is 7.05 Å². The van der Waals surface area contributed by atoms with Crippen molar-refractivity contribution in [1.82, 2.24) is 29.4 Å². The van der Waals surface area contributed by atoms with Gasteiger partial charge in [0.1, 0.15) is 34.7 Å². The number of carbonyl (C=O) groups excluding carboxylic acids is 1. The van der Waals surface area contributed by atoms with Gasteiger partial charge in [-0.2, -0.15) is 9.97 Å². The number of hydrogen-bond acceptors (Lipinski definition) is 7. The number of amides is 1. The average Bonchev–Trinajstić information content (AvgIpc) is 3.46. The molecule has 0 N–H and O–H groups in total. The van der Waals surface area contributed by atoms with E-state index in [1.54, 1.807) is 41.6 Å². The fraction of sp³-hybridized carbons (Fsp3) is 0.250. The van der Waals surface area contributed by atoms with Crippen molar-refractivity contribution in [2.75, 3.05) is 37.7 Å². The maximum absolute atomic E-state index is 16.6. The molecule has 10 nitrogen and oxygen atoms in total.